The van der Waals surface area contributed by atoms with Crippen molar-refractivity contribution in [2.75, 3.05) is 0 Å². The van der Waals surface area contributed by atoms with Crippen LogP contribution in [0.15, 0.2) is 141 Å². The zero-order valence-corrected chi connectivity index (χ0v) is 29.4. The maximum atomic E-state index is 6.53. The lowest BCUT2D eigenvalue weighted by molar-refractivity contribution is 0.672. The number of hydrogen-bond acceptors (Lipinski definition) is 6. The van der Waals surface area contributed by atoms with Gasteiger partial charge in [-0.3, -0.25) is 0 Å². The van der Waals surface area contributed by atoms with Crippen LogP contribution in [0.4, 0.5) is 0 Å². The molecule has 0 radical (unpaired) electrons. The van der Waals surface area contributed by atoms with E-state index in [9.17, 15) is 0 Å². The number of benzene rings is 6. The van der Waals surface area contributed by atoms with Gasteiger partial charge < -0.3 is 8.83 Å². The Morgan fingerprint density at radius 1 is 0.340 bits per heavy atom. The van der Waals surface area contributed by atoms with Gasteiger partial charge in [0.05, 0.1) is 0 Å². The molecule has 2 nitrogen and oxygen atoms in total. The second kappa shape index (κ2) is 10.2. The summed E-state index contributed by atoms with van der Waals surface area (Å²) in [7, 11) is 0. The molecule has 12 aromatic rings. The summed E-state index contributed by atoms with van der Waals surface area (Å²) in [5.41, 5.74) is 8.51. The summed E-state index contributed by atoms with van der Waals surface area (Å²) < 4.78 is 18.5. The Hall–Kier alpha value is -5.24. The minimum absolute atomic E-state index is 0.905. The highest BCUT2D eigenvalue weighted by molar-refractivity contribution is 7.29. The summed E-state index contributed by atoms with van der Waals surface area (Å²) in [4.78, 5) is 2.61. The molecule has 6 aromatic heterocycles. The molecular weight excluding hydrogens is 689 g/mol. The lowest BCUT2D eigenvalue weighted by Gasteiger charge is -2.04. The third-order valence-corrected chi connectivity index (χ3v) is 14.4. The second-order valence-electron chi connectivity index (χ2n) is 12.9. The predicted molar refractivity (Wildman–Crippen MR) is 219 cm³/mol. The van der Waals surface area contributed by atoms with Crippen molar-refractivity contribution in [1.29, 1.82) is 0 Å². The Bertz CT molecular complexity index is 3060. The molecule has 0 aliphatic heterocycles. The number of furan rings is 2. The molecule has 50 heavy (non-hydrogen) atoms. The van der Waals surface area contributed by atoms with Crippen LogP contribution in [-0.4, -0.2) is 0 Å². The van der Waals surface area contributed by atoms with Crippen LogP contribution in [0.25, 0.3) is 116 Å². The normalized spacial score (nSPS) is 12.4. The summed E-state index contributed by atoms with van der Waals surface area (Å²) in [6.45, 7) is 0. The first-order valence-corrected chi connectivity index (χ1v) is 19.8. The molecule has 0 aliphatic carbocycles. The van der Waals surface area contributed by atoms with Crippen molar-refractivity contribution < 1.29 is 8.83 Å². The summed E-state index contributed by atoms with van der Waals surface area (Å²) in [6.07, 6.45) is 0. The third-order valence-electron chi connectivity index (χ3n) is 10.1. The Morgan fingerprint density at radius 3 is 1.28 bits per heavy atom. The van der Waals surface area contributed by atoms with Crippen molar-refractivity contribution in [2.24, 2.45) is 0 Å². The lowest BCUT2D eigenvalue weighted by atomic mass is 9.99. The fraction of sp³-hybridized carbons (Fsp3) is 0. The van der Waals surface area contributed by atoms with Gasteiger partial charge in [-0.05, 0) is 129 Å². The number of rotatable bonds is 3. The van der Waals surface area contributed by atoms with E-state index in [0.29, 0.717) is 0 Å². The van der Waals surface area contributed by atoms with E-state index >= 15 is 0 Å². The summed E-state index contributed by atoms with van der Waals surface area (Å²) in [6, 6.07) is 44.5. The first-order chi connectivity index (χ1) is 24.7. The van der Waals surface area contributed by atoms with Crippen LogP contribution in [0, 0.1) is 0 Å². The van der Waals surface area contributed by atoms with E-state index in [4.69, 9.17) is 8.83 Å². The quantitative estimate of drug-likeness (QED) is 0.182. The highest BCUT2D eigenvalue weighted by atomic mass is 32.1. The lowest BCUT2D eigenvalue weighted by Crippen LogP contribution is -1.79. The van der Waals surface area contributed by atoms with Crippen molar-refractivity contribution in [3.63, 3.8) is 0 Å². The molecule has 0 atom stereocenters. The van der Waals surface area contributed by atoms with E-state index in [0.717, 1.165) is 65.8 Å². The fourth-order valence-electron chi connectivity index (χ4n) is 7.61. The smallest absolute Gasteiger partial charge is 0.143 e. The summed E-state index contributed by atoms with van der Waals surface area (Å²) in [5.74, 6) is 0. The van der Waals surface area contributed by atoms with Gasteiger partial charge in [0.15, 0.2) is 0 Å². The van der Waals surface area contributed by atoms with E-state index in [1.807, 2.05) is 22.7 Å². The van der Waals surface area contributed by atoms with E-state index in [2.05, 4.69) is 132 Å². The Balaban J connectivity index is 0.938. The molecule has 0 saturated heterocycles. The van der Waals surface area contributed by atoms with Crippen LogP contribution in [-0.2, 0) is 0 Å². The van der Waals surface area contributed by atoms with Crippen molar-refractivity contribution in [3.8, 4) is 32.0 Å². The zero-order chi connectivity index (χ0) is 32.5. The molecule has 234 valence electrons. The van der Waals surface area contributed by atoms with Crippen molar-refractivity contribution in [3.05, 3.63) is 132 Å². The molecule has 0 aliphatic rings. The predicted octanol–water partition coefficient (Wildman–Crippen LogP) is 15.3. The van der Waals surface area contributed by atoms with Gasteiger partial charge in [0, 0.05) is 60.9 Å². The van der Waals surface area contributed by atoms with Gasteiger partial charge >= 0.3 is 0 Å². The molecule has 6 aromatic carbocycles. The first kappa shape index (κ1) is 27.6. The van der Waals surface area contributed by atoms with E-state index in [-0.39, 0.29) is 0 Å². The minimum atomic E-state index is 0.905. The topological polar surface area (TPSA) is 26.3 Å². The van der Waals surface area contributed by atoms with E-state index in [1.165, 1.54) is 50.5 Å². The van der Waals surface area contributed by atoms with Crippen LogP contribution >= 0.6 is 45.3 Å². The minimum Gasteiger partial charge on any atom is -0.455 e. The fourth-order valence-corrected chi connectivity index (χ4v) is 11.8. The van der Waals surface area contributed by atoms with Gasteiger partial charge in [-0.2, -0.15) is 0 Å². The number of hydrogen-bond donors (Lipinski definition) is 0. The van der Waals surface area contributed by atoms with Gasteiger partial charge in [0.1, 0.15) is 22.3 Å². The molecule has 6 heteroatoms. The molecule has 6 heterocycles. The Kier molecular flexibility index (Phi) is 5.60. The average molecular weight is 711 g/mol. The molecule has 0 amide bonds. The van der Waals surface area contributed by atoms with E-state index < -0.39 is 0 Å². The molecule has 0 bridgehead atoms. The average Bonchev–Trinajstić information content (AvgIpc) is 3.99. The van der Waals surface area contributed by atoms with Crippen molar-refractivity contribution in [1.82, 2.24) is 0 Å². The molecule has 0 spiro atoms. The third kappa shape index (κ3) is 3.99. The number of fused-ring (bicyclic) bond motifs is 12. The van der Waals surface area contributed by atoms with Crippen molar-refractivity contribution in [2.45, 2.75) is 0 Å². The van der Waals surface area contributed by atoms with Crippen LogP contribution in [0.2, 0.25) is 0 Å². The standard InChI is InChI=1S/C44H22O2S4/c1-9-31-33-19-23(5-11-35(33)45-43(31)29-7-3-27(17-25(1)29)39-21-41-37(49-39)13-15-47-41)24-6-12-36-34(20-24)32-10-2-26-18-28(4-8-30(26)44(32)46-36)40-22-42-38(50-40)14-16-48-42/h1-22H. The monoisotopic (exact) mass is 710 g/mol. The Morgan fingerprint density at radius 2 is 0.800 bits per heavy atom. The summed E-state index contributed by atoms with van der Waals surface area (Å²) in [5, 5.41) is 13.5. The molecule has 0 saturated carbocycles. The van der Waals surface area contributed by atoms with Crippen LogP contribution in [0.1, 0.15) is 0 Å². The van der Waals surface area contributed by atoms with Crippen LogP contribution in [0.3, 0.4) is 0 Å². The molecule has 0 unspecified atom stereocenters. The molecule has 0 N–H and O–H groups in total. The van der Waals surface area contributed by atoms with Gasteiger partial charge in [0.2, 0.25) is 0 Å². The highest BCUT2D eigenvalue weighted by Crippen LogP contribution is 2.43. The molecule has 12 rings (SSSR count). The van der Waals surface area contributed by atoms with Crippen molar-refractivity contribution >= 4 is 130 Å². The van der Waals surface area contributed by atoms with Gasteiger partial charge in [-0.15, -0.1) is 45.3 Å². The highest BCUT2D eigenvalue weighted by Gasteiger charge is 2.16. The number of thiophene rings is 4. The second-order valence-corrected chi connectivity index (χ2v) is 17.0. The molecule has 0 fully saturated rings. The Labute approximate surface area is 300 Å². The zero-order valence-electron chi connectivity index (χ0n) is 26.2. The maximum absolute atomic E-state index is 6.53. The maximum Gasteiger partial charge on any atom is 0.143 e. The first-order valence-electron chi connectivity index (χ1n) is 16.4. The van der Waals surface area contributed by atoms with E-state index in [1.54, 1.807) is 22.7 Å². The van der Waals surface area contributed by atoms with Crippen LogP contribution < -0.4 is 0 Å². The summed E-state index contributed by atoms with van der Waals surface area (Å²) >= 11 is 7.32. The SMILES string of the molecule is c1cc2sc(-c3ccc4c(ccc5c6cc(-c7ccc8oc9c%10ccc(-c%11cc%12sccc%12s%11)cc%10ccc9c8c7)ccc6oc45)c3)cc2s1. The largest absolute Gasteiger partial charge is 0.455 e. The molecular formula is C44H22O2S4. The van der Waals surface area contributed by atoms with Crippen LogP contribution in [0.5, 0.6) is 0 Å². The van der Waals surface area contributed by atoms with Gasteiger partial charge in [0.25, 0.3) is 0 Å². The van der Waals surface area contributed by atoms with Gasteiger partial charge in [-0.25, -0.2) is 0 Å². The van der Waals surface area contributed by atoms with Gasteiger partial charge in [-0.1, -0.05) is 36.4 Å².